The van der Waals surface area contributed by atoms with E-state index in [1.165, 1.54) is 0 Å². The van der Waals surface area contributed by atoms with Crippen molar-refractivity contribution in [3.8, 4) is 22.9 Å². The fourth-order valence-corrected chi connectivity index (χ4v) is 3.16. The fraction of sp³-hybridized carbons (Fsp3) is 0.278. The maximum absolute atomic E-state index is 9.25. The second-order valence-corrected chi connectivity index (χ2v) is 5.75. The number of fused-ring (bicyclic) bond motifs is 1. The zero-order valence-electron chi connectivity index (χ0n) is 13.8. The minimum Gasteiger partial charge on any atom is -0.496 e. The number of ether oxygens (including phenoxy) is 2. The molecule has 0 unspecified atom stereocenters. The molecule has 0 amide bonds. The first kappa shape index (κ1) is 15.4. The minimum absolute atomic E-state index is 0.579. The zero-order chi connectivity index (χ0) is 17.2. The van der Waals surface area contributed by atoms with Crippen LogP contribution in [-0.2, 0) is 4.74 Å². The number of methoxy groups -OCH3 is 1. The number of nitrogens with zero attached hydrogens (tertiary/aromatic N) is 4. The number of aromatic amines is 1. The molecule has 0 aliphatic carbocycles. The van der Waals surface area contributed by atoms with E-state index in [1.54, 1.807) is 19.5 Å². The topological polar surface area (TPSA) is 87.1 Å². The van der Waals surface area contributed by atoms with Crippen molar-refractivity contribution in [3.05, 3.63) is 36.3 Å². The second-order valence-electron chi connectivity index (χ2n) is 5.75. The molecule has 7 nitrogen and oxygen atoms in total. The smallest absolute Gasteiger partial charge is 0.143 e. The van der Waals surface area contributed by atoms with Crippen LogP contribution in [0.15, 0.2) is 30.7 Å². The Balaban J connectivity index is 1.93. The van der Waals surface area contributed by atoms with E-state index in [-0.39, 0.29) is 0 Å². The number of hydrogen-bond acceptors (Lipinski definition) is 6. The maximum atomic E-state index is 9.25. The van der Waals surface area contributed by atoms with Gasteiger partial charge in [-0.15, -0.1) is 0 Å². The average molecular weight is 335 g/mol. The van der Waals surface area contributed by atoms with Gasteiger partial charge in [-0.2, -0.15) is 5.26 Å². The zero-order valence-corrected chi connectivity index (χ0v) is 13.8. The third-order valence-corrected chi connectivity index (χ3v) is 4.38. The summed E-state index contributed by atoms with van der Waals surface area (Å²) in [6, 6.07) is 7.57. The summed E-state index contributed by atoms with van der Waals surface area (Å²) in [6.45, 7) is 2.93. The van der Waals surface area contributed by atoms with Crippen molar-refractivity contribution in [2.45, 2.75) is 0 Å². The van der Waals surface area contributed by atoms with E-state index in [1.807, 2.05) is 18.3 Å². The first-order valence-corrected chi connectivity index (χ1v) is 8.05. The second kappa shape index (κ2) is 6.42. The summed E-state index contributed by atoms with van der Waals surface area (Å²) in [7, 11) is 1.62. The molecule has 4 rings (SSSR count). The Hall–Kier alpha value is -3.11. The number of nitriles is 1. The van der Waals surface area contributed by atoms with Crippen LogP contribution in [0.3, 0.4) is 0 Å². The van der Waals surface area contributed by atoms with Crippen LogP contribution < -0.4 is 9.64 Å². The first-order chi connectivity index (χ1) is 12.3. The predicted molar refractivity (Wildman–Crippen MR) is 93.6 cm³/mol. The molecule has 126 valence electrons. The molecule has 1 aliphatic heterocycles. The number of benzene rings is 1. The Morgan fingerprint density at radius 1 is 1.24 bits per heavy atom. The van der Waals surface area contributed by atoms with Crippen molar-refractivity contribution < 1.29 is 9.47 Å². The van der Waals surface area contributed by atoms with Crippen LogP contribution >= 0.6 is 0 Å². The van der Waals surface area contributed by atoms with Gasteiger partial charge >= 0.3 is 0 Å². The van der Waals surface area contributed by atoms with Gasteiger partial charge in [0.1, 0.15) is 23.5 Å². The largest absolute Gasteiger partial charge is 0.496 e. The molecule has 0 bridgehead atoms. The number of morpholine rings is 1. The monoisotopic (exact) mass is 335 g/mol. The molecule has 7 heteroatoms. The van der Waals surface area contributed by atoms with E-state index >= 15 is 0 Å². The van der Waals surface area contributed by atoms with Crippen LogP contribution in [0.25, 0.3) is 22.2 Å². The molecule has 0 spiro atoms. The summed E-state index contributed by atoms with van der Waals surface area (Å²) in [5.41, 5.74) is 3.11. The molecule has 1 fully saturated rings. The van der Waals surface area contributed by atoms with Gasteiger partial charge in [0.15, 0.2) is 0 Å². The SMILES string of the molecule is COc1ccc(C#N)cc1-c1c[nH]c2ncnc(N3CCOCC3)c12. The van der Waals surface area contributed by atoms with Crippen molar-refractivity contribution in [2.24, 2.45) is 0 Å². The van der Waals surface area contributed by atoms with Crippen LogP contribution in [0.5, 0.6) is 5.75 Å². The van der Waals surface area contributed by atoms with Gasteiger partial charge in [-0.25, -0.2) is 9.97 Å². The highest BCUT2D eigenvalue weighted by Gasteiger charge is 2.21. The summed E-state index contributed by atoms with van der Waals surface area (Å²) in [6.07, 6.45) is 3.46. The molecule has 0 radical (unpaired) electrons. The van der Waals surface area contributed by atoms with Crippen molar-refractivity contribution in [2.75, 3.05) is 38.3 Å². The molecular formula is C18H17N5O2. The molecule has 1 saturated heterocycles. The number of rotatable bonds is 3. The Bertz CT molecular complexity index is 954. The molecule has 0 saturated carbocycles. The Labute approximate surface area is 144 Å². The molecule has 25 heavy (non-hydrogen) atoms. The minimum atomic E-state index is 0.579. The van der Waals surface area contributed by atoms with Gasteiger partial charge in [0.05, 0.1) is 37.3 Å². The predicted octanol–water partition coefficient (Wildman–Crippen LogP) is 2.34. The lowest BCUT2D eigenvalue weighted by Gasteiger charge is -2.28. The first-order valence-electron chi connectivity index (χ1n) is 8.05. The van der Waals surface area contributed by atoms with Gasteiger partial charge in [-0.1, -0.05) is 0 Å². The summed E-state index contributed by atoms with van der Waals surface area (Å²) in [5, 5.41) is 10.2. The van der Waals surface area contributed by atoms with Gasteiger partial charge in [0, 0.05) is 30.4 Å². The van der Waals surface area contributed by atoms with Crippen molar-refractivity contribution in [1.29, 1.82) is 5.26 Å². The lowest BCUT2D eigenvalue weighted by molar-refractivity contribution is 0.122. The third-order valence-electron chi connectivity index (χ3n) is 4.38. The number of H-pyrrole nitrogens is 1. The number of hydrogen-bond donors (Lipinski definition) is 1. The standard InChI is InChI=1S/C18H17N5O2/c1-24-15-3-2-12(9-19)8-13(15)14-10-20-17-16(14)18(22-11-21-17)23-4-6-25-7-5-23/h2-3,8,10-11H,4-7H2,1H3,(H,20,21,22). The van der Waals surface area contributed by atoms with E-state index in [0.29, 0.717) is 24.5 Å². The Kier molecular flexibility index (Phi) is 3.96. The molecule has 1 N–H and O–H groups in total. The van der Waals surface area contributed by atoms with Crippen LogP contribution in [0.4, 0.5) is 5.82 Å². The summed E-state index contributed by atoms with van der Waals surface area (Å²) in [5.74, 6) is 1.57. The van der Waals surface area contributed by atoms with E-state index in [4.69, 9.17) is 9.47 Å². The summed E-state index contributed by atoms with van der Waals surface area (Å²) < 4.78 is 11.0. The highest BCUT2D eigenvalue weighted by Crippen LogP contribution is 2.38. The van der Waals surface area contributed by atoms with Gasteiger partial charge in [0.2, 0.25) is 0 Å². The van der Waals surface area contributed by atoms with E-state index in [9.17, 15) is 5.26 Å². The molecule has 1 aliphatic rings. The van der Waals surface area contributed by atoms with Crippen LogP contribution in [-0.4, -0.2) is 48.4 Å². The van der Waals surface area contributed by atoms with E-state index in [0.717, 1.165) is 41.1 Å². The highest BCUT2D eigenvalue weighted by atomic mass is 16.5. The molecule has 3 heterocycles. The normalized spacial score (nSPS) is 14.5. The van der Waals surface area contributed by atoms with Gasteiger partial charge < -0.3 is 19.4 Å². The van der Waals surface area contributed by atoms with Crippen molar-refractivity contribution >= 4 is 16.9 Å². The van der Waals surface area contributed by atoms with E-state index in [2.05, 4.69) is 25.9 Å². The lowest BCUT2D eigenvalue weighted by atomic mass is 10.0. The number of aromatic nitrogens is 3. The third kappa shape index (κ3) is 2.66. The molecule has 2 aromatic heterocycles. The Morgan fingerprint density at radius 2 is 2.08 bits per heavy atom. The van der Waals surface area contributed by atoms with Crippen LogP contribution in [0.2, 0.25) is 0 Å². The fourth-order valence-electron chi connectivity index (χ4n) is 3.16. The van der Waals surface area contributed by atoms with Gasteiger partial charge in [-0.3, -0.25) is 0 Å². The van der Waals surface area contributed by atoms with Crippen molar-refractivity contribution in [1.82, 2.24) is 15.0 Å². The lowest BCUT2D eigenvalue weighted by Crippen LogP contribution is -2.36. The molecule has 1 aromatic carbocycles. The quantitative estimate of drug-likeness (QED) is 0.790. The Morgan fingerprint density at radius 3 is 2.84 bits per heavy atom. The number of nitrogens with one attached hydrogen (secondary N) is 1. The maximum Gasteiger partial charge on any atom is 0.143 e. The van der Waals surface area contributed by atoms with Crippen LogP contribution in [0.1, 0.15) is 5.56 Å². The molecule has 3 aromatic rings. The molecule has 0 atom stereocenters. The van der Waals surface area contributed by atoms with Gasteiger partial charge in [0.25, 0.3) is 0 Å². The van der Waals surface area contributed by atoms with Gasteiger partial charge in [-0.05, 0) is 18.2 Å². The number of anilines is 1. The van der Waals surface area contributed by atoms with Crippen molar-refractivity contribution in [3.63, 3.8) is 0 Å². The summed E-state index contributed by atoms with van der Waals surface area (Å²) >= 11 is 0. The molecular weight excluding hydrogens is 318 g/mol. The van der Waals surface area contributed by atoms with Crippen LogP contribution in [0, 0.1) is 11.3 Å². The average Bonchev–Trinajstić information content (AvgIpc) is 3.12. The highest BCUT2D eigenvalue weighted by molar-refractivity contribution is 6.02. The summed E-state index contributed by atoms with van der Waals surface area (Å²) in [4.78, 5) is 14.3. The van der Waals surface area contributed by atoms with E-state index < -0.39 is 0 Å².